The van der Waals surface area contributed by atoms with Crippen LogP contribution in [0.15, 0.2) is 0 Å². The molecule has 2 unspecified atom stereocenters. The molecule has 0 aromatic heterocycles. The maximum atomic E-state index is 12.0. The molecule has 2 rings (SSSR count). The van der Waals surface area contributed by atoms with Crippen molar-refractivity contribution in [1.29, 1.82) is 0 Å². The molecular formula is C18H28N2O9. The van der Waals surface area contributed by atoms with Crippen LogP contribution in [0.2, 0.25) is 0 Å². The van der Waals surface area contributed by atoms with Crippen LogP contribution in [0.3, 0.4) is 0 Å². The van der Waals surface area contributed by atoms with Crippen LogP contribution in [0.5, 0.6) is 0 Å². The SMILES string of the molecule is O=C(O)C1CCCN1C(=O)COCCOCCOCC(=O)N1CCCC1C(=O)O. The average molecular weight is 416 g/mol. The fourth-order valence-electron chi connectivity index (χ4n) is 3.47. The number of carboxylic acid groups (broad SMARTS) is 2. The van der Waals surface area contributed by atoms with Gasteiger partial charge in [-0.25, -0.2) is 9.59 Å². The topological polar surface area (TPSA) is 143 Å². The van der Waals surface area contributed by atoms with Crippen LogP contribution in [0.1, 0.15) is 25.7 Å². The number of carboxylic acids is 2. The highest BCUT2D eigenvalue weighted by molar-refractivity contribution is 5.85. The molecule has 11 heteroatoms. The quantitative estimate of drug-likeness (QED) is 0.390. The third-order valence-corrected chi connectivity index (χ3v) is 4.91. The summed E-state index contributed by atoms with van der Waals surface area (Å²) < 4.78 is 15.7. The maximum Gasteiger partial charge on any atom is 0.326 e. The normalized spacial score (nSPS) is 21.5. The van der Waals surface area contributed by atoms with Crippen molar-refractivity contribution in [2.75, 3.05) is 52.7 Å². The number of amides is 2. The molecule has 11 nitrogen and oxygen atoms in total. The summed E-state index contributed by atoms with van der Waals surface area (Å²) in [6.45, 7) is 1.25. The molecule has 2 aliphatic rings. The van der Waals surface area contributed by atoms with Crippen LogP contribution in [0.25, 0.3) is 0 Å². The van der Waals surface area contributed by atoms with Crippen molar-refractivity contribution in [2.24, 2.45) is 0 Å². The Hall–Kier alpha value is -2.24. The van der Waals surface area contributed by atoms with Crippen LogP contribution in [-0.2, 0) is 33.4 Å². The fourth-order valence-corrected chi connectivity index (χ4v) is 3.47. The van der Waals surface area contributed by atoms with Crippen LogP contribution >= 0.6 is 0 Å². The lowest BCUT2D eigenvalue weighted by Crippen LogP contribution is -2.42. The number of hydrogen-bond donors (Lipinski definition) is 2. The summed E-state index contributed by atoms with van der Waals surface area (Å²) in [5.41, 5.74) is 0. The first kappa shape index (κ1) is 23.0. The van der Waals surface area contributed by atoms with Gasteiger partial charge in [0.15, 0.2) is 0 Å². The minimum atomic E-state index is -0.999. The standard InChI is InChI=1S/C18H28N2O9/c21-15(19-5-1-3-13(19)17(23)24)11-28-9-7-27-8-10-29-12-16(22)20-6-2-4-14(20)18(25)26/h13-14H,1-12H2,(H,23,24)(H,25,26). The molecule has 0 aliphatic carbocycles. The zero-order valence-electron chi connectivity index (χ0n) is 16.3. The molecule has 0 saturated carbocycles. The van der Waals surface area contributed by atoms with E-state index in [2.05, 4.69) is 0 Å². The highest BCUT2D eigenvalue weighted by Crippen LogP contribution is 2.18. The zero-order valence-corrected chi connectivity index (χ0v) is 16.3. The number of aliphatic carboxylic acids is 2. The van der Waals surface area contributed by atoms with Crippen LogP contribution < -0.4 is 0 Å². The van der Waals surface area contributed by atoms with Crippen molar-refractivity contribution in [3.05, 3.63) is 0 Å². The van der Waals surface area contributed by atoms with Crippen molar-refractivity contribution in [2.45, 2.75) is 37.8 Å². The first-order valence-corrected chi connectivity index (χ1v) is 9.69. The largest absolute Gasteiger partial charge is 0.480 e. The van der Waals surface area contributed by atoms with Crippen molar-refractivity contribution in [1.82, 2.24) is 9.80 Å². The van der Waals surface area contributed by atoms with E-state index in [-0.39, 0.29) is 51.5 Å². The van der Waals surface area contributed by atoms with Gasteiger partial charge in [-0.1, -0.05) is 0 Å². The van der Waals surface area contributed by atoms with E-state index in [1.807, 2.05) is 0 Å². The van der Waals surface area contributed by atoms with E-state index in [0.717, 1.165) is 0 Å². The minimum absolute atomic E-state index is 0.171. The summed E-state index contributed by atoms with van der Waals surface area (Å²) >= 11 is 0. The Morgan fingerprint density at radius 3 is 1.45 bits per heavy atom. The Balaban J connectivity index is 1.47. The molecule has 0 bridgehead atoms. The van der Waals surface area contributed by atoms with Gasteiger partial charge in [0.2, 0.25) is 11.8 Å². The summed E-state index contributed by atoms with van der Waals surface area (Å²) in [6.07, 6.45) is 2.26. The zero-order chi connectivity index (χ0) is 21.2. The molecule has 0 aromatic carbocycles. The third kappa shape index (κ3) is 6.94. The highest BCUT2D eigenvalue weighted by Gasteiger charge is 2.34. The van der Waals surface area contributed by atoms with Gasteiger partial charge in [0.1, 0.15) is 25.3 Å². The number of likely N-dealkylation sites (tertiary alicyclic amines) is 2. The smallest absolute Gasteiger partial charge is 0.326 e. The molecule has 0 radical (unpaired) electrons. The van der Waals surface area contributed by atoms with Gasteiger partial charge in [0, 0.05) is 13.1 Å². The molecule has 2 fully saturated rings. The Bertz CT molecular complexity index is 548. The van der Waals surface area contributed by atoms with E-state index >= 15 is 0 Å². The van der Waals surface area contributed by atoms with Crippen molar-refractivity contribution in [3.8, 4) is 0 Å². The maximum absolute atomic E-state index is 12.0. The molecule has 2 saturated heterocycles. The monoisotopic (exact) mass is 416 g/mol. The van der Waals surface area contributed by atoms with Crippen molar-refractivity contribution >= 4 is 23.8 Å². The van der Waals surface area contributed by atoms with Gasteiger partial charge >= 0.3 is 11.9 Å². The van der Waals surface area contributed by atoms with Gasteiger partial charge in [-0.2, -0.15) is 0 Å². The van der Waals surface area contributed by atoms with E-state index < -0.39 is 24.0 Å². The van der Waals surface area contributed by atoms with E-state index in [4.69, 9.17) is 24.4 Å². The Labute approximate surface area is 168 Å². The molecule has 2 N–H and O–H groups in total. The lowest BCUT2D eigenvalue weighted by atomic mass is 10.2. The number of nitrogens with zero attached hydrogens (tertiary/aromatic N) is 2. The van der Waals surface area contributed by atoms with E-state index in [0.29, 0.717) is 38.8 Å². The second kappa shape index (κ2) is 11.7. The molecule has 0 spiro atoms. The summed E-state index contributed by atoms with van der Waals surface area (Å²) in [7, 11) is 0. The van der Waals surface area contributed by atoms with Gasteiger partial charge in [0.05, 0.1) is 26.4 Å². The predicted octanol–water partition coefficient (Wildman–Crippen LogP) is -0.813. The van der Waals surface area contributed by atoms with Gasteiger partial charge in [-0.15, -0.1) is 0 Å². The number of carbonyl (C=O) groups excluding carboxylic acids is 2. The van der Waals surface area contributed by atoms with Gasteiger partial charge in [-0.3, -0.25) is 9.59 Å². The number of hydrogen-bond acceptors (Lipinski definition) is 7. The van der Waals surface area contributed by atoms with Crippen LogP contribution in [-0.4, -0.2) is 109 Å². The Morgan fingerprint density at radius 2 is 1.07 bits per heavy atom. The molecule has 2 heterocycles. The Morgan fingerprint density at radius 1 is 0.690 bits per heavy atom. The third-order valence-electron chi connectivity index (χ3n) is 4.91. The lowest BCUT2D eigenvalue weighted by molar-refractivity contribution is -0.150. The predicted molar refractivity (Wildman–Crippen MR) is 97.2 cm³/mol. The summed E-state index contributed by atoms with van der Waals surface area (Å²) in [5, 5.41) is 18.1. The van der Waals surface area contributed by atoms with Gasteiger partial charge in [-0.05, 0) is 25.7 Å². The molecule has 2 amide bonds. The van der Waals surface area contributed by atoms with Gasteiger partial charge < -0.3 is 34.2 Å². The summed E-state index contributed by atoms with van der Waals surface area (Å²) in [6, 6.07) is -1.54. The number of ether oxygens (including phenoxy) is 3. The van der Waals surface area contributed by atoms with Crippen molar-refractivity contribution < 1.29 is 43.6 Å². The fraction of sp³-hybridized carbons (Fsp3) is 0.778. The number of carbonyl (C=O) groups is 4. The summed E-state index contributed by atoms with van der Waals surface area (Å²) in [4.78, 5) is 48.7. The van der Waals surface area contributed by atoms with Crippen LogP contribution in [0.4, 0.5) is 0 Å². The van der Waals surface area contributed by atoms with Crippen LogP contribution in [0, 0.1) is 0 Å². The lowest BCUT2D eigenvalue weighted by Gasteiger charge is -2.21. The van der Waals surface area contributed by atoms with E-state index in [1.165, 1.54) is 9.80 Å². The van der Waals surface area contributed by atoms with Gasteiger partial charge in [0.25, 0.3) is 0 Å². The van der Waals surface area contributed by atoms with Crippen molar-refractivity contribution in [3.63, 3.8) is 0 Å². The molecule has 2 atom stereocenters. The molecule has 29 heavy (non-hydrogen) atoms. The first-order valence-electron chi connectivity index (χ1n) is 9.69. The summed E-state index contributed by atoms with van der Waals surface area (Å²) in [5.74, 6) is -2.70. The highest BCUT2D eigenvalue weighted by atomic mass is 16.5. The number of rotatable bonds is 12. The molecule has 0 aromatic rings. The molecule has 2 aliphatic heterocycles. The second-order valence-electron chi connectivity index (χ2n) is 6.88. The first-order chi connectivity index (χ1) is 13.9. The van der Waals surface area contributed by atoms with E-state index in [1.54, 1.807) is 0 Å². The minimum Gasteiger partial charge on any atom is -0.480 e. The molecular weight excluding hydrogens is 388 g/mol. The molecule has 164 valence electrons. The Kier molecular flexibility index (Phi) is 9.29. The van der Waals surface area contributed by atoms with E-state index in [9.17, 15) is 19.2 Å². The average Bonchev–Trinajstić information content (AvgIpc) is 3.35. The second-order valence-corrected chi connectivity index (χ2v) is 6.88.